The number of nitriles is 1. The van der Waals surface area contributed by atoms with E-state index in [4.69, 9.17) is 4.74 Å². The number of aliphatic imine (C=N–C) groups is 1. The summed E-state index contributed by atoms with van der Waals surface area (Å²) in [6, 6.07) is 6.19. The lowest BCUT2D eigenvalue weighted by Crippen LogP contribution is -2.50. The average Bonchev–Trinajstić information content (AvgIpc) is 3.30. The number of thioether (sulfide) groups is 1. The number of allylic oxidation sites excluding steroid dienone is 1. The molecule has 1 aliphatic heterocycles. The minimum Gasteiger partial charge on any atom is -0.468 e. The fourth-order valence-corrected chi connectivity index (χ4v) is 8.99. The predicted octanol–water partition coefficient (Wildman–Crippen LogP) is 5.35. The Bertz CT molecular complexity index is 999. The molecule has 0 amide bonds. The Balaban J connectivity index is 1.41. The van der Waals surface area contributed by atoms with E-state index >= 15 is 0 Å². The second kappa shape index (κ2) is 8.46. The molecular weight excluding hydrogens is 440 g/mol. The lowest BCUT2D eigenvalue weighted by atomic mass is 9.48. The van der Waals surface area contributed by atoms with Crippen LogP contribution in [0, 0.1) is 40.4 Å². The van der Waals surface area contributed by atoms with Gasteiger partial charge >= 0.3 is 5.97 Å². The van der Waals surface area contributed by atoms with E-state index in [1.165, 1.54) is 49.5 Å². The van der Waals surface area contributed by atoms with Gasteiger partial charge in [-0.2, -0.15) is 5.26 Å². The molecule has 4 saturated carbocycles. The maximum Gasteiger partial charge on any atom is 0.315 e. The molecule has 32 heavy (non-hydrogen) atoms. The Morgan fingerprint density at radius 2 is 1.91 bits per heavy atom. The van der Waals surface area contributed by atoms with E-state index in [9.17, 15) is 14.9 Å². The third kappa shape index (κ3) is 3.66. The van der Waals surface area contributed by atoms with Gasteiger partial charge in [-0.1, -0.05) is 17.8 Å². The number of methoxy groups -OCH3 is 1. The number of nitrogens with zero attached hydrogens (tertiary/aromatic N) is 2. The van der Waals surface area contributed by atoms with Crippen LogP contribution in [0.4, 0.5) is 0 Å². The molecule has 6 rings (SSSR count). The number of esters is 1. The van der Waals surface area contributed by atoms with Gasteiger partial charge in [-0.25, -0.2) is 4.99 Å². The largest absolute Gasteiger partial charge is 0.468 e. The summed E-state index contributed by atoms with van der Waals surface area (Å²) in [5.41, 5.74) is 0.959. The van der Waals surface area contributed by atoms with E-state index in [1.54, 1.807) is 0 Å². The molecule has 1 aromatic heterocycles. The van der Waals surface area contributed by atoms with Crippen LogP contribution in [0.2, 0.25) is 0 Å². The smallest absolute Gasteiger partial charge is 0.315 e. The molecule has 0 N–H and O–H groups in total. The summed E-state index contributed by atoms with van der Waals surface area (Å²) in [6.45, 7) is 1.82. The van der Waals surface area contributed by atoms with E-state index < -0.39 is 11.8 Å². The number of thiophene rings is 1. The first-order chi connectivity index (χ1) is 15.4. The summed E-state index contributed by atoms with van der Waals surface area (Å²) in [5, 5.41) is 12.6. The van der Waals surface area contributed by atoms with Crippen LogP contribution < -0.4 is 0 Å². The standard InChI is InChI=1S/C25H28N2O3S2/c1-14-21(24(29)30-2)22(19-4-3-5-31-19)18(12-26)23(27-14)32-13-20(28)25-9-15-6-16(10-25)8-17(7-15)11-25/h3-5,15-17,21-22H,6-11,13H2,1-2H3/t15?,16?,17?,21?,22-,25?/m1/s1. The number of carbonyl (C=O) groups is 2. The lowest BCUT2D eigenvalue weighted by Gasteiger charge is -2.56. The van der Waals surface area contributed by atoms with Crippen molar-refractivity contribution in [2.24, 2.45) is 34.1 Å². The van der Waals surface area contributed by atoms with Crippen LogP contribution in [0.15, 0.2) is 33.1 Å². The molecule has 4 bridgehead atoms. The monoisotopic (exact) mass is 468 g/mol. The highest BCUT2D eigenvalue weighted by atomic mass is 32.2. The maximum atomic E-state index is 13.5. The van der Waals surface area contributed by atoms with Gasteiger partial charge in [0.15, 0.2) is 0 Å². The summed E-state index contributed by atoms with van der Waals surface area (Å²) < 4.78 is 5.04. The van der Waals surface area contributed by atoms with Crippen LogP contribution in [0.5, 0.6) is 0 Å². The quantitative estimate of drug-likeness (QED) is 0.526. The molecule has 0 aromatic carbocycles. The molecule has 5 nitrogen and oxygen atoms in total. The van der Waals surface area contributed by atoms with Crippen LogP contribution in [0.3, 0.4) is 0 Å². The molecular formula is C25H28N2O3S2. The number of carbonyl (C=O) groups excluding carboxylic acids is 2. The summed E-state index contributed by atoms with van der Waals surface area (Å²) in [4.78, 5) is 31.7. The zero-order valence-electron chi connectivity index (χ0n) is 18.5. The molecule has 0 radical (unpaired) electrons. The first kappa shape index (κ1) is 21.9. The van der Waals surface area contributed by atoms with Gasteiger partial charge in [-0.3, -0.25) is 9.59 Å². The van der Waals surface area contributed by atoms with E-state index in [2.05, 4.69) is 11.1 Å². The van der Waals surface area contributed by atoms with E-state index in [1.807, 2.05) is 24.4 Å². The third-order valence-electron chi connectivity index (χ3n) is 8.00. The van der Waals surface area contributed by atoms with Gasteiger partial charge in [0.1, 0.15) is 16.7 Å². The van der Waals surface area contributed by atoms with Gasteiger partial charge in [-0.05, 0) is 74.6 Å². The van der Waals surface area contributed by atoms with Gasteiger partial charge in [0.25, 0.3) is 0 Å². The molecule has 0 spiro atoms. The molecule has 4 fully saturated rings. The first-order valence-electron chi connectivity index (χ1n) is 11.4. The van der Waals surface area contributed by atoms with Crippen LogP contribution in [-0.4, -0.2) is 30.3 Å². The van der Waals surface area contributed by atoms with Gasteiger partial charge < -0.3 is 4.74 Å². The van der Waals surface area contributed by atoms with Gasteiger partial charge in [-0.15, -0.1) is 11.3 Å². The number of Topliss-reactive ketones (excluding diaryl/α,β-unsaturated/α-hetero) is 1. The predicted molar refractivity (Wildman–Crippen MR) is 126 cm³/mol. The Morgan fingerprint density at radius 3 is 2.44 bits per heavy atom. The zero-order valence-corrected chi connectivity index (χ0v) is 20.1. The fourth-order valence-electron chi connectivity index (χ4n) is 7.01. The molecule has 7 heteroatoms. The Morgan fingerprint density at radius 1 is 1.25 bits per heavy atom. The van der Waals surface area contributed by atoms with Crippen molar-refractivity contribution in [3.05, 3.63) is 33.0 Å². The maximum absolute atomic E-state index is 13.5. The summed E-state index contributed by atoms with van der Waals surface area (Å²) in [7, 11) is 1.37. The lowest BCUT2D eigenvalue weighted by molar-refractivity contribution is -0.143. The van der Waals surface area contributed by atoms with Gasteiger partial charge in [0.2, 0.25) is 0 Å². The fraction of sp³-hybridized carbons (Fsp3) is 0.600. The van der Waals surface area contributed by atoms with Crippen molar-refractivity contribution in [2.45, 2.75) is 51.4 Å². The van der Waals surface area contributed by atoms with E-state index in [0.717, 1.165) is 41.9 Å². The number of ketones is 1. The van der Waals surface area contributed by atoms with E-state index in [-0.39, 0.29) is 11.4 Å². The molecule has 4 aliphatic carbocycles. The number of hydrogen-bond donors (Lipinski definition) is 0. The van der Waals surface area contributed by atoms with Crippen LogP contribution in [0.25, 0.3) is 0 Å². The topological polar surface area (TPSA) is 79.5 Å². The highest BCUT2D eigenvalue weighted by molar-refractivity contribution is 8.03. The summed E-state index contributed by atoms with van der Waals surface area (Å²) in [5.74, 6) is 1.45. The van der Waals surface area contributed by atoms with Crippen LogP contribution in [-0.2, 0) is 14.3 Å². The summed E-state index contributed by atoms with van der Waals surface area (Å²) in [6.07, 6.45) is 7.08. The van der Waals surface area contributed by atoms with Gasteiger partial charge in [0, 0.05) is 21.9 Å². The Hall–Kier alpha value is -1.91. The van der Waals surface area contributed by atoms with Crippen molar-refractivity contribution in [1.29, 1.82) is 5.26 Å². The Kier molecular flexibility index (Phi) is 5.79. The number of hydrogen-bond acceptors (Lipinski definition) is 7. The highest BCUT2D eigenvalue weighted by Gasteiger charge is 2.54. The average molecular weight is 469 g/mol. The van der Waals surface area contributed by atoms with Crippen molar-refractivity contribution in [2.75, 3.05) is 12.9 Å². The number of ether oxygens (including phenoxy) is 1. The molecule has 2 heterocycles. The Labute approximate surface area is 197 Å². The molecule has 168 valence electrons. The van der Waals surface area contributed by atoms with Crippen molar-refractivity contribution in [1.82, 2.24) is 0 Å². The van der Waals surface area contributed by atoms with E-state index in [0.29, 0.717) is 27.8 Å². The molecule has 1 aromatic rings. The van der Waals surface area contributed by atoms with Gasteiger partial charge in [0.05, 0.1) is 24.5 Å². The number of rotatable bonds is 6. The van der Waals surface area contributed by atoms with Crippen LogP contribution in [0.1, 0.15) is 56.2 Å². The van der Waals surface area contributed by atoms with Crippen molar-refractivity contribution in [3.63, 3.8) is 0 Å². The van der Waals surface area contributed by atoms with Crippen molar-refractivity contribution >= 4 is 40.6 Å². The minimum atomic E-state index is -0.614. The molecule has 2 atom stereocenters. The second-order valence-electron chi connectivity index (χ2n) is 9.99. The summed E-state index contributed by atoms with van der Waals surface area (Å²) >= 11 is 2.91. The molecule has 1 unspecified atom stereocenters. The molecule has 5 aliphatic rings. The normalized spacial score (nSPS) is 35.4. The third-order valence-corrected chi connectivity index (χ3v) is 9.94. The highest BCUT2D eigenvalue weighted by Crippen LogP contribution is 2.60. The molecule has 0 saturated heterocycles. The minimum absolute atomic E-state index is 0.149. The van der Waals surface area contributed by atoms with Crippen molar-refractivity contribution in [3.8, 4) is 6.07 Å². The zero-order chi connectivity index (χ0) is 22.5. The second-order valence-corrected chi connectivity index (χ2v) is 11.9. The van der Waals surface area contributed by atoms with Crippen molar-refractivity contribution < 1.29 is 14.3 Å². The SMILES string of the molecule is COC(=O)C1C(C)=NC(SCC(=O)C23CC4CC(CC(C4)C2)C3)=C(C#N)[C@@H]1c1cccs1. The van der Waals surface area contributed by atoms with Crippen LogP contribution >= 0.6 is 23.1 Å². The first-order valence-corrected chi connectivity index (χ1v) is 13.3.